The molecule has 1 aliphatic rings. The summed E-state index contributed by atoms with van der Waals surface area (Å²) in [7, 11) is 3.65. The summed E-state index contributed by atoms with van der Waals surface area (Å²) in [5, 5.41) is 3.22. The minimum Gasteiger partial charge on any atom is -0.496 e. The number of ether oxygens (including phenoxy) is 2. The average molecular weight is 193 g/mol. The first-order valence-electron chi connectivity index (χ1n) is 4.81. The minimum absolute atomic E-state index is 0.388. The van der Waals surface area contributed by atoms with Crippen LogP contribution in [0.5, 0.6) is 11.5 Å². The Morgan fingerprint density at radius 1 is 1.50 bits per heavy atom. The van der Waals surface area contributed by atoms with Gasteiger partial charge >= 0.3 is 0 Å². The van der Waals surface area contributed by atoms with Gasteiger partial charge in [0.25, 0.3) is 0 Å². The van der Waals surface area contributed by atoms with Crippen molar-refractivity contribution in [2.75, 3.05) is 20.8 Å². The molecule has 0 saturated carbocycles. The lowest BCUT2D eigenvalue weighted by atomic mass is 10.0. The van der Waals surface area contributed by atoms with E-state index in [9.17, 15) is 0 Å². The van der Waals surface area contributed by atoms with E-state index in [1.165, 1.54) is 5.56 Å². The lowest BCUT2D eigenvalue weighted by Gasteiger charge is -2.26. The monoisotopic (exact) mass is 193 g/mol. The van der Waals surface area contributed by atoms with Crippen molar-refractivity contribution in [3.8, 4) is 11.5 Å². The topological polar surface area (TPSA) is 30.5 Å². The van der Waals surface area contributed by atoms with Gasteiger partial charge in [0, 0.05) is 11.6 Å². The van der Waals surface area contributed by atoms with Crippen LogP contribution in [-0.4, -0.2) is 26.8 Å². The van der Waals surface area contributed by atoms with Crippen molar-refractivity contribution in [3.05, 3.63) is 23.8 Å². The molecule has 76 valence electrons. The summed E-state index contributed by atoms with van der Waals surface area (Å²) in [5.41, 5.74) is 1.17. The molecule has 0 bridgehead atoms. The summed E-state index contributed by atoms with van der Waals surface area (Å²) in [4.78, 5) is 0. The SMILES string of the molecule is CNC1COc2cccc(OC)c2C1. The van der Waals surface area contributed by atoms with Gasteiger partial charge in [-0.05, 0) is 25.6 Å². The highest BCUT2D eigenvalue weighted by atomic mass is 16.5. The molecule has 0 spiro atoms. The Bertz CT molecular complexity index is 311. The van der Waals surface area contributed by atoms with E-state index in [0.29, 0.717) is 6.04 Å². The van der Waals surface area contributed by atoms with E-state index in [1.54, 1.807) is 7.11 Å². The van der Waals surface area contributed by atoms with Crippen molar-refractivity contribution in [1.82, 2.24) is 5.32 Å². The zero-order valence-corrected chi connectivity index (χ0v) is 8.54. The molecule has 1 heterocycles. The highest BCUT2D eigenvalue weighted by Gasteiger charge is 2.21. The number of fused-ring (bicyclic) bond motifs is 1. The number of nitrogens with one attached hydrogen (secondary N) is 1. The Hall–Kier alpha value is -1.22. The standard InChI is InChI=1S/C11H15NO2/c1-12-8-6-9-10(13-2)4-3-5-11(9)14-7-8/h3-5,8,12H,6-7H2,1-2H3. The van der Waals surface area contributed by atoms with Crippen LogP contribution < -0.4 is 14.8 Å². The van der Waals surface area contributed by atoms with Crippen LogP contribution in [0.1, 0.15) is 5.56 Å². The molecule has 0 fully saturated rings. The van der Waals surface area contributed by atoms with E-state index in [2.05, 4.69) is 5.32 Å². The van der Waals surface area contributed by atoms with E-state index in [4.69, 9.17) is 9.47 Å². The number of rotatable bonds is 2. The normalized spacial score (nSPS) is 19.7. The lowest BCUT2D eigenvalue weighted by molar-refractivity contribution is 0.241. The van der Waals surface area contributed by atoms with Crippen LogP contribution in [0.25, 0.3) is 0 Å². The third kappa shape index (κ3) is 1.55. The lowest BCUT2D eigenvalue weighted by Crippen LogP contribution is -2.36. The van der Waals surface area contributed by atoms with Gasteiger partial charge in [-0.2, -0.15) is 0 Å². The minimum atomic E-state index is 0.388. The molecule has 3 nitrogen and oxygen atoms in total. The summed E-state index contributed by atoms with van der Waals surface area (Å²) < 4.78 is 10.9. The van der Waals surface area contributed by atoms with Gasteiger partial charge in [0.2, 0.25) is 0 Å². The highest BCUT2D eigenvalue weighted by molar-refractivity contribution is 5.46. The van der Waals surface area contributed by atoms with Crippen molar-refractivity contribution in [3.63, 3.8) is 0 Å². The Morgan fingerprint density at radius 2 is 2.36 bits per heavy atom. The number of likely N-dealkylation sites (N-methyl/N-ethyl adjacent to an activating group) is 1. The van der Waals surface area contributed by atoms with Crippen LogP contribution in [0.2, 0.25) is 0 Å². The maximum atomic E-state index is 5.63. The van der Waals surface area contributed by atoms with Crippen LogP contribution in [0.15, 0.2) is 18.2 Å². The quantitative estimate of drug-likeness (QED) is 0.766. The van der Waals surface area contributed by atoms with Crippen molar-refractivity contribution in [2.24, 2.45) is 0 Å². The van der Waals surface area contributed by atoms with E-state index in [-0.39, 0.29) is 0 Å². The molecule has 0 amide bonds. The number of benzene rings is 1. The van der Waals surface area contributed by atoms with Gasteiger partial charge in [0.05, 0.1) is 7.11 Å². The second kappa shape index (κ2) is 3.88. The average Bonchev–Trinajstić information content (AvgIpc) is 2.27. The fourth-order valence-electron chi connectivity index (χ4n) is 1.75. The maximum Gasteiger partial charge on any atom is 0.126 e. The van der Waals surface area contributed by atoms with Crippen LogP contribution >= 0.6 is 0 Å². The second-order valence-corrected chi connectivity index (χ2v) is 3.44. The fraction of sp³-hybridized carbons (Fsp3) is 0.455. The maximum absolute atomic E-state index is 5.63. The Morgan fingerprint density at radius 3 is 3.07 bits per heavy atom. The first-order valence-corrected chi connectivity index (χ1v) is 4.81. The van der Waals surface area contributed by atoms with E-state index in [0.717, 1.165) is 24.5 Å². The first-order chi connectivity index (χ1) is 6.85. The summed E-state index contributed by atoms with van der Waals surface area (Å²) in [5.74, 6) is 1.87. The third-order valence-corrected chi connectivity index (χ3v) is 2.61. The van der Waals surface area contributed by atoms with Crippen LogP contribution in [0.3, 0.4) is 0 Å². The molecule has 1 N–H and O–H groups in total. The number of hydrogen-bond acceptors (Lipinski definition) is 3. The van der Waals surface area contributed by atoms with Gasteiger partial charge in [0.1, 0.15) is 18.1 Å². The van der Waals surface area contributed by atoms with Gasteiger partial charge in [-0.25, -0.2) is 0 Å². The van der Waals surface area contributed by atoms with Crippen molar-refractivity contribution < 1.29 is 9.47 Å². The number of hydrogen-bond donors (Lipinski definition) is 1. The van der Waals surface area contributed by atoms with Crippen LogP contribution in [-0.2, 0) is 6.42 Å². The van der Waals surface area contributed by atoms with Crippen molar-refractivity contribution in [1.29, 1.82) is 0 Å². The van der Waals surface area contributed by atoms with E-state index >= 15 is 0 Å². The third-order valence-electron chi connectivity index (χ3n) is 2.61. The summed E-state index contributed by atoms with van der Waals surface area (Å²) in [6.45, 7) is 0.733. The summed E-state index contributed by atoms with van der Waals surface area (Å²) >= 11 is 0. The molecular formula is C11H15NO2. The molecule has 1 aliphatic heterocycles. The molecular weight excluding hydrogens is 178 g/mol. The van der Waals surface area contributed by atoms with Crippen LogP contribution in [0.4, 0.5) is 0 Å². The van der Waals surface area contributed by atoms with Crippen molar-refractivity contribution >= 4 is 0 Å². The first kappa shape index (κ1) is 9.34. The predicted molar refractivity (Wildman–Crippen MR) is 55.0 cm³/mol. The molecule has 3 heteroatoms. The smallest absolute Gasteiger partial charge is 0.126 e. The molecule has 0 aliphatic carbocycles. The van der Waals surface area contributed by atoms with E-state index < -0.39 is 0 Å². The molecule has 14 heavy (non-hydrogen) atoms. The van der Waals surface area contributed by atoms with Gasteiger partial charge in [-0.15, -0.1) is 0 Å². The molecule has 0 saturated heterocycles. The molecule has 2 rings (SSSR count). The Balaban J connectivity index is 2.33. The number of methoxy groups -OCH3 is 1. The summed E-state index contributed by atoms with van der Waals surface area (Å²) in [6.07, 6.45) is 0.968. The van der Waals surface area contributed by atoms with Crippen molar-refractivity contribution in [2.45, 2.75) is 12.5 Å². The molecule has 1 unspecified atom stereocenters. The molecule has 0 radical (unpaired) electrons. The van der Waals surface area contributed by atoms with Gasteiger partial charge in [-0.3, -0.25) is 0 Å². The largest absolute Gasteiger partial charge is 0.496 e. The van der Waals surface area contributed by atoms with Gasteiger partial charge < -0.3 is 14.8 Å². The zero-order chi connectivity index (χ0) is 9.97. The van der Waals surface area contributed by atoms with Gasteiger partial charge in [-0.1, -0.05) is 6.07 Å². The molecule has 1 atom stereocenters. The zero-order valence-electron chi connectivity index (χ0n) is 8.54. The van der Waals surface area contributed by atoms with Gasteiger partial charge in [0.15, 0.2) is 0 Å². The van der Waals surface area contributed by atoms with Crippen LogP contribution in [0, 0.1) is 0 Å². The Kier molecular flexibility index (Phi) is 2.59. The van der Waals surface area contributed by atoms with E-state index in [1.807, 2.05) is 25.2 Å². The fourth-order valence-corrected chi connectivity index (χ4v) is 1.75. The predicted octanol–water partition coefficient (Wildman–Crippen LogP) is 1.22. The second-order valence-electron chi connectivity index (χ2n) is 3.44. The summed E-state index contributed by atoms with van der Waals surface area (Å²) in [6, 6.07) is 6.31. The molecule has 1 aromatic rings. The molecule has 0 aromatic heterocycles. The Labute approximate surface area is 84.0 Å². The molecule has 1 aromatic carbocycles. The highest BCUT2D eigenvalue weighted by Crippen LogP contribution is 2.32.